The fourth-order valence-corrected chi connectivity index (χ4v) is 1.52. The Bertz CT molecular complexity index is 285. The number of carbonyl (C=O) groups is 1. The Hall–Kier alpha value is -1.09. The summed E-state index contributed by atoms with van der Waals surface area (Å²) in [6, 6.07) is 3.92. The van der Waals surface area contributed by atoms with Crippen molar-refractivity contribution >= 4 is 22.9 Å². The predicted octanol–water partition coefficient (Wildman–Crippen LogP) is 2.32. The molecule has 2 nitrogen and oxygen atoms in total. The maximum Gasteiger partial charge on any atom is 0.330 e. The zero-order valence-electron chi connectivity index (χ0n) is 7.03. The van der Waals surface area contributed by atoms with E-state index >= 15 is 0 Å². The Balaban J connectivity index is 2.77. The van der Waals surface area contributed by atoms with Crippen LogP contribution in [0.5, 0.6) is 0 Å². The first-order valence-corrected chi connectivity index (χ1v) is 4.42. The topological polar surface area (TPSA) is 26.3 Å². The van der Waals surface area contributed by atoms with Crippen molar-refractivity contribution in [1.82, 2.24) is 0 Å². The van der Waals surface area contributed by atoms with Crippen LogP contribution in [0.4, 0.5) is 0 Å². The van der Waals surface area contributed by atoms with E-state index in [2.05, 4.69) is 4.74 Å². The molecule has 1 heterocycles. The SMILES string of the molecule is COC(=O)/C=C(/C)c1cccs1. The van der Waals surface area contributed by atoms with Crippen LogP contribution in [-0.2, 0) is 9.53 Å². The van der Waals surface area contributed by atoms with Gasteiger partial charge in [0.25, 0.3) is 0 Å². The predicted molar refractivity (Wildman–Crippen MR) is 50.0 cm³/mol. The van der Waals surface area contributed by atoms with Gasteiger partial charge < -0.3 is 4.74 Å². The first kappa shape index (κ1) is 9.00. The molecule has 0 unspecified atom stereocenters. The molecule has 64 valence electrons. The molecule has 0 bridgehead atoms. The van der Waals surface area contributed by atoms with Gasteiger partial charge in [-0.15, -0.1) is 11.3 Å². The van der Waals surface area contributed by atoms with Crippen molar-refractivity contribution in [2.45, 2.75) is 6.92 Å². The van der Waals surface area contributed by atoms with Crippen LogP contribution in [0.25, 0.3) is 5.57 Å². The van der Waals surface area contributed by atoms with Crippen LogP contribution in [0, 0.1) is 0 Å². The van der Waals surface area contributed by atoms with Crippen LogP contribution in [0.2, 0.25) is 0 Å². The number of carbonyl (C=O) groups excluding carboxylic acids is 1. The fraction of sp³-hybridized carbons (Fsp3) is 0.222. The average molecular weight is 182 g/mol. The lowest BCUT2D eigenvalue weighted by atomic mass is 10.2. The third-order valence-electron chi connectivity index (χ3n) is 1.45. The Morgan fingerprint density at radius 3 is 2.92 bits per heavy atom. The summed E-state index contributed by atoms with van der Waals surface area (Å²) < 4.78 is 4.51. The van der Waals surface area contributed by atoms with Crippen LogP contribution in [-0.4, -0.2) is 13.1 Å². The van der Waals surface area contributed by atoms with E-state index in [1.807, 2.05) is 24.4 Å². The van der Waals surface area contributed by atoms with Crippen molar-refractivity contribution in [2.24, 2.45) is 0 Å². The number of methoxy groups -OCH3 is 1. The van der Waals surface area contributed by atoms with Crippen molar-refractivity contribution < 1.29 is 9.53 Å². The molecule has 3 heteroatoms. The summed E-state index contributed by atoms with van der Waals surface area (Å²) in [6.07, 6.45) is 1.49. The lowest BCUT2D eigenvalue weighted by Gasteiger charge is -1.95. The highest BCUT2D eigenvalue weighted by Gasteiger charge is 1.99. The van der Waals surface area contributed by atoms with E-state index in [9.17, 15) is 4.79 Å². The van der Waals surface area contributed by atoms with E-state index in [0.717, 1.165) is 10.5 Å². The van der Waals surface area contributed by atoms with Crippen molar-refractivity contribution in [3.63, 3.8) is 0 Å². The lowest BCUT2D eigenvalue weighted by Crippen LogP contribution is -1.94. The van der Waals surface area contributed by atoms with Crippen molar-refractivity contribution in [1.29, 1.82) is 0 Å². The molecule has 0 radical (unpaired) electrons. The van der Waals surface area contributed by atoms with E-state index in [0.29, 0.717) is 0 Å². The van der Waals surface area contributed by atoms with Gasteiger partial charge in [-0.2, -0.15) is 0 Å². The van der Waals surface area contributed by atoms with Crippen LogP contribution in [0.15, 0.2) is 23.6 Å². The first-order valence-electron chi connectivity index (χ1n) is 3.54. The zero-order valence-corrected chi connectivity index (χ0v) is 7.85. The quantitative estimate of drug-likeness (QED) is 0.518. The van der Waals surface area contributed by atoms with Crippen molar-refractivity contribution in [3.8, 4) is 0 Å². The molecule has 1 rings (SSSR count). The molecule has 0 aliphatic carbocycles. The minimum Gasteiger partial charge on any atom is -0.466 e. The number of allylic oxidation sites excluding steroid dienone is 1. The van der Waals surface area contributed by atoms with Gasteiger partial charge in [0, 0.05) is 11.0 Å². The van der Waals surface area contributed by atoms with Crippen LogP contribution in [0.1, 0.15) is 11.8 Å². The second-order valence-corrected chi connectivity index (χ2v) is 3.28. The summed E-state index contributed by atoms with van der Waals surface area (Å²) in [7, 11) is 1.38. The van der Waals surface area contributed by atoms with E-state index in [1.165, 1.54) is 13.2 Å². The Morgan fingerprint density at radius 1 is 1.67 bits per heavy atom. The Kier molecular flexibility index (Phi) is 3.05. The molecule has 0 aliphatic heterocycles. The number of ether oxygens (including phenoxy) is 1. The van der Waals surface area contributed by atoms with Gasteiger partial charge in [0.05, 0.1) is 7.11 Å². The summed E-state index contributed by atoms with van der Waals surface area (Å²) in [4.78, 5) is 11.9. The molecule has 0 fully saturated rings. The number of esters is 1. The highest BCUT2D eigenvalue weighted by Crippen LogP contribution is 2.18. The van der Waals surface area contributed by atoms with E-state index in [1.54, 1.807) is 11.3 Å². The van der Waals surface area contributed by atoms with E-state index in [4.69, 9.17) is 0 Å². The van der Waals surface area contributed by atoms with Crippen molar-refractivity contribution in [3.05, 3.63) is 28.5 Å². The van der Waals surface area contributed by atoms with Gasteiger partial charge in [0.2, 0.25) is 0 Å². The molecule has 1 aromatic rings. The van der Waals surface area contributed by atoms with Crippen LogP contribution >= 0.6 is 11.3 Å². The summed E-state index contributed by atoms with van der Waals surface area (Å²) in [6.45, 7) is 1.89. The maximum atomic E-state index is 10.8. The van der Waals surface area contributed by atoms with Gasteiger partial charge in [-0.1, -0.05) is 6.07 Å². The highest BCUT2D eigenvalue weighted by molar-refractivity contribution is 7.11. The smallest absolute Gasteiger partial charge is 0.330 e. The van der Waals surface area contributed by atoms with Crippen LogP contribution in [0.3, 0.4) is 0 Å². The monoisotopic (exact) mass is 182 g/mol. The van der Waals surface area contributed by atoms with Crippen molar-refractivity contribution in [2.75, 3.05) is 7.11 Å². The normalized spacial score (nSPS) is 11.3. The van der Waals surface area contributed by atoms with Gasteiger partial charge in [-0.3, -0.25) is 0 Å². The van der Waals surface area contributed by atoms with Gasteiger partial charge >= 0.3 is 5.97 Å². The molecule has 12 heavy (non-hydrogen) atoms. The molecule has 0 atom stereocenters. The largest absolute Gasteiger partial charge is 0.466 e. The Labute approximate surface area is 75.5 Å². The third kappa shape index (κ3) is 2.20. The van der Waals surface area contributed by atoms with Crippen LogP contribution < -0.4 is 0 Å². The Morgan fingerprint density at radius 2 is 2.42 bits per heavy atom. The summed E-state index contributed by atoms with van der Waals surface area (Å²) in [5, 5.41) is 1.98. The minimum atomic E-state index is -0.305. The lowest BCUT2D eigenvalue weighted by molar-refractivity contribution is -0.134. The molecule has 0 spiro atoms. The molecular weight excluding hydrogens is 172 g/mol. The molecule has 1 aromatic heterocycles. The van der Waals surface area contributed by atoms with Gasteiger partial charge in [-0.05, 0) is 23.9 Å². The summed E-state index contributed by atoms with van der Waals surface area (Å²) >= 11 is 1.61. The average Bonchev–Trinajstić information content (AvgIpc) is 2.56. The number of hydrogen-bond acceptors (Lipinski definition) is 3. The zero-order chi connectivity index (χ0) is 8.97. The van der Waals surface area contributed by atoms with Gasteiger partial charge in [0.1, 0.15) is 0 Å². The molecule has 0 N–H and O–H groups in total. The maximum absolute atomic E-state index is 10.8. The molecule has 0 aromatic carbocycles. The standard InChI is InChI=1S/C9H10O2S/c1-7(6-9(10)11-2)8-4-3-5-12-8/h3-6H,1-2H3/b7-6-. The second-order valence-electron chi connectivity index (χ2n) is 2.33. The molecule has 0 saturated heterocycles. The van der Waals surface area contributed by atoms with Gasteiger partial charge in [0.15, 0.2) is 0 Å². The number of rotatable bonds is 2. The highest BCUT2D eigenvalue weighted by atomic mass is 32.1. The molecular formula is C9H10O2S. The van der Waals surface area contributed by atoms with E-state index in [-0.39, 0.29) is 5.97 Å². The number of thiophene rings is 1. The molecule has 0 amide bonds. The third-order valence-corrected chi connectivity index (χ3v) is 2.45. The molecule has 0 aliphatic rings. The first-order chi connectivity index (χ1) is 5.74. The number of hydrogen-bond donors (Lipinski definition) is 0. The summed E-state index contributed by atoms with van der Waals surface area (Å²) in [5.41, 5.74) is 0.942. The fourth-order valence-electron chi connectivity index (χ4n) is 0.810. The van der Waals surface area contributed by atoms with E-state index < -0.39 is 0 Å². The second kappa shape index (κ2) is 4.07. The molecule has 0 saturated carbocycles. The van der Waals surface area contributed by atoms with Gasteiger partial charge in [-0.25, -0.2) is 4.79 Å². The summed E-state index contributed by atoms with van der Waals surface area (Å²) in [5.74, 6) is -0.305. The minimum absolute atomic E-state index is 0.305.